The zero-order valence-electron chi connectivity index (χ0n) is 15.8. The summed E-state index contributed by atoms with van der Waals surface area (Å²) in [4.78, 5) is 11.3. The van der Waals surface area contributed by atoms with Crippen molar-refractivity contribution < 1.29 is 0 Å². The molecule has 26 heavy (non-hydrogen) atoms. The van der Waals surface area contributed by atoms with E-state index in [9.17, 15) is 0 Å². The van der Waals surface area contributed by atoms with Crippen LogP contribution in [0.25, 0.3) is 0 Å². The van der Waals surface area contributed by atoms with Crippen molar-refractivity contribution in [3.63, 3.8) is 0 Å². The van der Waals surface area contributed by atoms with Gasteiger partial charge in [-0.3, -0.25) is 4.99 Å². The molecule has 2 aromatic rings. The highest BCUT2D eigenvalue weighted by Gasteiger charge is 2.18. The number of halogens is 1. The number of aliphatic imine (C=N–C) groups is 1. The minimum atomic E-state index is 0. The molecule has 1 aromatic carbocycles. The Kier molecular flexibility index (Phi) is 8.41. The minimum absolute atomic E-state index is 0. The Balaban J connectivity index is 0.00000243. The molecule has 5 nitrogen and oxygen atoms in total. The summed E-state index contributed by atoms with van der Waals surface area (Å²) >= 11 is 0. The molecule has 0 saturated carbocycles. The van der Waals surface area contributed by atoms with E-state index in [1.165, 1.54) is 18.4 Å². The van der Waals surface area contributed by atoms with Gasteiger partial charge < -0.3 is 14.8 Å². The first-order valence-corrected chi connectivity index (χ1v) is 9.26. The Hall–Kier alpha value is -1.57. The third-order valence-corrected chi connectivity index (χ3v) is 4.92. The molecule has 1 aromatic heterocycles. The minimum Gasteiger partial charge on any atom is -0.356 e. The standard InChI is InChI=1S/C20H29N5.HI/c1-17-9-13-24(14-10-17)20(21-2)23-11-8-19-22-12-15-25(19)16-18-6-4-3-5-7-18;/h3-7,12,15,17H,8-11,13-14,16H2,1-2H3,(H,21,23);1H. The van der Waals surface area contributed by atoms with Crippen LogP contribution in [0.1, 0.15) is 31.2 Å². The number of likely N-dealkylation sites (tertiary alicyclic amines) is 1. The van der Waals surface area contributed by atoms with Crippen LogP contribution in [0.3, 0.4) is 0 Å². The number of imidazole rings is 1. The third kappa shape index (κ3) is 5.72. The molecule has 6 heteroatoms. The molecule has 1 aliphatic rings. The number of hydrogen-bond donors (Lipinski definition) is 1. The molecule has 1 aliphatic heterocycles. The first-order valence-electron chi connectivity index (χ1n) is 9.26. The summed E-state index contributed by atoms with van der Waals surface area (Å²) < 4.78 is 2.22. The van der Waals surface area contributed by atoms with Gasteiger partial charge in [0.25, 0.3) is 0 Å². The van der Waals surface area contributed by atoms with Crippen LogP contribution in [-0.4, -0.2) is 47.1 Å². The predicted octanol–water partition coefficient (Wildman–Crippen LogP) is 3.40. The number of rotatable bonds is 5. The average molecular weight is 467 g/mol. The quantitative estimate of drug-likeness (QED) is 0.417. The van der Waals surface area contributed by atoms with Crippen LogP contribution >= 0.6 is 24.0 Å². The van der Waals surface area contributed by atoms with Gasteiger partial charge in [0, 0.05) is 52.0 Å². The third-order valence-electron chi connectivity index (χ3n) is 4.92. The molecule has 0 spiro atoms. The van der Waals surface area contributed by atoms with Crippen LogP contribution in [0.4, 0.5) is 0 Å². The molecule has 2 heterocycles. The lowest BCUT2D eigenvalue weighted by Gasteiger charge is -2.32. The molecule has 1 N–H and O–H groups in total. The van der Waals surface area contributed by atoms with Crippen molar-refractivity contribution in [2.45, 2.75) is 32.7 Å². The predicted molar refractivity (Wildman–Crippen MR) is 118 cm³/mol. The maximum atomic E-state index is 4.53. The first kappa shape index (κ1) is 20.7. The molecule has 0 amide bonds. The van der Waals surface area contributed by atoms with E-state index in [1.54, 1.807) is 0 Å². The van der Waals surface area contributed by atoms with Gasteiger partial charge in [0.15, 0.2) is 5.96 Å². The molecule has 0 unspecified atom stereocenters. The topological polar surface area (TPSA) is 45.5 Å². The van der Waals surface area contributed by atoms with Gasteiger partial charge in [0.1, 0.15) is 5.82 Å². The van der Waals surface area contributed by atoms with Crippen LogP contribution in [0.2, 0.25) is 0 Å². The number of guanidine groups is 1. The van der Waals surface area contributed by atoms with Crippen molar-refractivity contribution in [3.05, 3.63) is 54.1 Å². The smallest absolute Gasteiger partial charge is 0.193 e. The van der Waals surface area contributed by atoms with Gasteiger partial charge in [-0.15, -0.1) is 24.0 Å². The highest BCUT2D eigenvalue weighted by Crippen LogP contribution is 2.15. The van der Waals surface area contributed by atoms with Crippen molar-refractivity contribution in [1.82, 2.24) is 19.8 Å². The summed E-state index contributed by atoms with van der Waals surface area (Å²) in [6.07, 6.45) is 7.34. The molecule has 0 aliphatic carbocycles. The number of benzene rings is 1. The fourth-order valence-electron chi connectivity index (χ4n) is 3.33. The van der Waals surface area contributed by atoms with Crippen LogP contribution in [0.5, 0.6) is 0 Å². The number of piperidine rings is 1. The van der Waals surface area contributed by atoms with Gasteiger partial charge in [-0.05, 0) is 24.3 Å². The second kappa shape index (κ2) is 10.5. The summed E-state index contributed by atoms with van der Waals surface area (Å²) in [7, 11) is 1.87. The van der Waals surface area contributed by atoms with Crippen molar-refractivity contribution in [2.75, 3.05) is 26.7 Å². The highest BCUT2D eigenvalue weighted by atomic mass is 127. The molecule has 3 rings (SSSR count). The summed E-state index contributed by atoms with van der Waals surface area (Å²) in [5.74, 6) is 2.96. The average Bonchev–Trinajstić information content (AvgIpc) is 3.08. The van der Waals surface area contributed by atoms with E-state index in [1.807, 2.05) is 13.2 Å². The first-order chi connectivity index (χ1) is 12.3. The van der Waals surface area contributed by atoms with Crippen LogP contribution in [-0.2, 0) is 13.0 Å². The Morgan fingerprint density at radius 2 is 1.96 bits per heavy atom. The Morgan fingerprint density at radius 3 is 2.65 bits per heavy atom. The number of hydrogen-bond acceptors (Lipinski definition) is 2. The van der Waals surface area contributed by atoms with Gasteiger partial charge in [-0.25, -0.2) is 4.98 Å². The lowest BCUT2D eigenvalue weighted by molar-refractivity contribution is 0.273. The van der Waals surface area contributed by atoms with E-state index < -0.39 is 0 Å². The molecule has 0 radical (unpaired) electrons. The number of aromatic nitrogens is 2. The second-order valence-corrected chi connectivity index (χ2v) is 6.85. The van der Waals surface area contributed by atoms with Crippen molar-refractivity contribution in [1.29, 1.82) is 0 Å². The molecular formula is C20H30IN5. The van der Waals surface area contributed by atoms with Gasteiger partial charge in [-0.1, -0.05) is 37.3 Å². The van der Waals surface area contributed by atoms with E-state index in [0.29, 0.717) is 0 Å². The summed E-state index contributed by atoms with van der Waals surface area (Å²) in [5, 5.41) is 3.51. The largest absolute Gasteiger partial charge is 0.356 e. The fraction of sp³-hybridized carbons (Fsp3) is 0.500. The second-order valence-electron chi connectivity index (χ2n) is 6.85. The highest BCUT2D eigenvalue weighted by molar-refractivity contribution is 14.0. The van der Waals surface area contributed by atoms with Crippen molar-refractivity contribution in [2.24, 2.45) is 10.9 Å². The van der Waals surface area contributed by atoms with Gasteiger partial charge in [-0.2, -0.15) is 0 Å². The Bertz CT molecular complexity index is 675. The van der Waals surface area contributed by atoms with Gasteiger partial charge in [0.05, 0.1) is 0 Å². The Labute approximate surface area is 173 Å². The zero-order valence-corrected chi connectivity index (χ0v) is 18.1. The summed E-state index contributed by atoms with van der Waals surface area (Å²) in [5.41, 5.74) is 1.30. The molecule has 1 fully saturated rings. The normalized spacial score (nSPS) is 15.6. The van der Waals surface area contributed by atoms with Crippen molar-refractivity contribution >= 4 is 29.9 Å². The molecule has 1 saturated heterocycles. The van der Waals surface area contributed by atoms with E-state index in [4.69, 9.17) is 0 Å². The Morgan fingerprint density at radius 1 is 1.23 bits per heavy atom. The van der Waals surface area contributed by atoms with Crippen LogP contribution in [0.15, 0.2) is 47.7 Å². The monoisotopic (exact) mass is 467 g/mol. The van der Waals surface area contributed by atoms with E-state index in [-0.39, 0.29) is 24.0 Å². The van der Waals surface area contributed by atoms with Crippen LogP contribution in [0, 0.1) is 5.92 Å². The zero-order chi connectivity index (χ0) is 17.5. The molecule has 142 valence electrons. The van der Waals surface area contributed by atoms with E-state index in [0.717, 1.165) is 50.3 Å². The van der Waals surface area contributed by atoms with Gasteiger partial charge >= 0.3 is 0 Å². The lowest BCUT2D eigenvalue weighted by atomic mass is 10.00. The van der Waals surface area contributed by atoms with E-state index >= 15 is 0 Å². The molecule has 0 bridgehead atoms. The summed E-state index contributed by atoms with van der Waals surface area (Å²) in [6.45, 7) is 6.26. The molecular weight excluding hydrogens is 437 g/mol. The van der Waals surface area contributed by atoms with E-state index in [2.05, 4.69) is 68.2 Å². The molecule has 0 atom stereocenters. The fourth-order valence-corrected chi connectivity index (χ4v) is 3.33. The maximum absolute atomic E-state index is 4.53. The number of nitrogens with one attached hydrogen (secondary N) is 1. The lowest BCUT2D eigenvalue weighted by Crippen LogP contribution is -2.45. The SMILES string of the molecule is CN=C(NCCc1nccn1Cc1ccccc1)N1CCC(C)CC1.I. The number of nitrogens with zero attached hydrogens (tertiary/aromatic N) is 4. The van der Waals surface area contributed by atoms with Crippen LogP contribution < -0.4 is 5.32 Å². The summed E-state index contributed by atoms with van der Waals surface area (Å²) in [6, 6.07) is 10.5. The maximum Gasteiger partial charge on any atom is 0.193 e. The van der Waals surface area contributed by atoms with Gasteiger partial charge in [0.2, 0.25) is 0 Å². The van der Waals surface area contributed by atoms with Crippen molar-refractivity contribution in [3.8, 4) is 0 Å².